The van der Waals surface area contributed by atoms with E-state index in [0.29, 0.717) is 9.97 Å². The highest BCUT2D eigenvalue weighted by atomic mass is 32.1. The lowest BCUT2D eigenvalue weighted by Gasteiger charge is -2.18. The maximum Gasteiger partial charge on any atom is 0.247 e. The molecule has 0 bridgehead atoms. The summed E-state index contributed by atoms with van der Waals surface area (Å²) in [4.78, 5) is 3.96. The average molecular weight is 146 g/mol. The molecule has 0 spiro atoms. The van der Waals surface area contributed by atoms with Crippen LogP contribution in [-0.2, 0) is 0 Å². The van der Waals surface area contributed by atoms with Crippen LogP contribution in [0.1, 0.15) is 0 Å². The van der Waals surface area contributed by atoms with Gasteiger partial charge >= 0.3 is 0 Å². The van der Waals surface area contributed by atoms with Crippen molar-refractivity contribution in [1.82, 2.24) is 5.06 Å². The standard InChI is InChI=1S/C4H6N2O2S/c7-4-5-1-3(9)2-6(4)8/h1-2,4,7-9H. The van der Waals surface area contributed by atoms with Crippen LogP contribution in [0.15, 0.2) is 16.1 Å². The molecule has 0 aliphatic carbocycles. The highest BCUT2D eigenvalue weighted by Gasteiger charge is 2.09. The minimum Gasteiger partial charge on any atom is -0.353 e. The van der Waals surface area contributed by atoms with Crippen LogP contribution in [0.4, 0.5) is 0 Å². The van der Waals surface area contributed by atoms with Gasteiger partial charge in [-0.2, -0.15) is 0 Å². The third-order valence-electron chi connectivity index (χ3n) is 0.841. The largest absolute Gasteiger partial charge is 0.353 e. The maximum absolute atomic E-state index is 8.69. The first kappa shape index (κ1) is 6.60. The van der Waals surface area contributed by atoms with Crippen molar-refractivity contribution in [2.75, 3.05) is 0 Å². The summed E-state index contributed by atoms with van der Waals surface area (Å²) in [5, 5.41) is 18.0. The molecular weight excluding hydrogens is 140 g/mol. The second-order valence-electron chi connectivity index (χ2n) is 1.56. The van der Waals surface area contributed by atoms with Gasteiger partial charge in [-0.15, -0.1) is 12.6 Å². The Morgan fingerprint density at radius 1 is 1.78 bits per heavy atom. The van der Waals surface area contributed by atoms with E-state index in [2.05, 4.69) is 17.6 Å². The Balaban J connectivity index is 2.70. The number of aliphatic hydroxyl groups excluding tert-OH is 1. The number of hydrogen-bond donors (Lipinski definition) is 3. The molecule has 0 saturated carbocycles. The van der Waals surface area contributed by atoms with Gasteiger partial charge in [-0.25, -0.2) is 10.1 Å². The van der Waals surface area contributed by atoms with Crippen LogP contribution in [0.2, 0.25) is 0 Å². The first-order valence-corrected chi connectivity index (χ1v) is 2.74. The molecule has 1 aliphatic heterocycles. The Morgan fingerprint density at radius 3 is 2.89 bits per heavy atom. The molecule has 5 heteroatoms. The van der Waals surface area contributed by atoms with E-state index in [4.69, 9.17) is 10.3 Å². The Labute approximate surface area is 57.5 Å². The van der Waals surface area contributed by atoms with Crippen molar-refractivity contribution in [1.29, 1.82) is 0 Å². The molecule has 0 aromatic carbocycles. The number of rotatable bonds is 0. The van der Waals surface area contributed by atoms with E-state index < -0.39 is 6.35 Å². The van der Waals surface area contributed by atoms with Gasteiger partial charge in [0.15, 0.2) is 0 Å². The zero-order valence-electron chi connectivity index (χ0n) is 4.47. The van der Waals surface area contributed by atoms with Gasteiger partial charge in [-0.1, -0.05) is 0 Å². The van der Waals surface area contributed by atoms with Crippen molar-refractivity contribution in [3.63, 3.8) is 0 Å². The summed E-state index contributed by atoms with van der Waals surface area (Å²) in [6, 6.07) is 0. The van der Waals surface area contributed by atoms with Crippen molar-refractivity contribution in [3.05, 3.63) is 11.1 Å². The number of hydroxylamine groups is 2. The van der Waals surface area contributed by atoms with Crippen molar-refractivity contribution < 1.29 is 10.3 Å². The minimum absolute atomic E-state index is 0.503. The first-order chi connectivity index (χ1) is 4.20. The number of aliphatic imine (C=N–C) groups is 1. The molecule has 1 rings (SSSR count). The molecule has 1 unspecified atom stereocenters. The zero-order valence-corrected chi connectivity index (χ0v) is 5.36. The highest BCUT2D eigenvalue weighted by molar-refractivity contribution is 7.85. The molecular formula is C4H6N2O2S. The molecule has 9 heavy (non-hydrogen) atoms. The lowest BCUT2D eigenvalue weighted by atomic mass is 10.6. The molecule has 1 heterocycles. The van der Waals surface area contributed by atoms with Gasteiger partial charge in [-0.05, 0) is 0 Å². The molecule has 0 aromatic rings. The van der Waals surface area contributed by atoms with Gasteiger partial charge in [0.2, 0.25) is 6.35 Å². The van der Waals surface area contributed by atoms with Crippen LogP contribution in [0.3, 0.4) is 0 Å². The maximum atomic E-state index is 8.69. The van der Waals surface area contributed by atoms with Gasteiger partial charge in [0, 0.05) is 17.3 Å². The molecule has 0 fully saturated rings. The Morgan fingerprint density at radius 2 is 2.44 bits per heavy atom. The van der Waals surface area contributed by atoms with Gasteiger partial charge in [0.05, 0.1) is 0 Å². The molecule has 0 aromatic heterocycles. The molecule has 1 atom stereocenters. The quantitative estimate of drug-likeness (QED) is 0.415. The van der Waals surface area contributed by atoms with Gasteiger partial charge < -0.3 is 5.11 Å². The first-order valence-electron chi connectivity index (χ1n) is 2.29. The molecule has 4 nitrogen and oxygen atoms in total. The second-order valence-corrected chi connectivity index (χ2v) is 2.07. The highest BCUT2D eigenvalue weighted by Crippen LogP contribution is 2.07. The fraction of sp³-hybridized carbons (Fsp3) is 0.250. The van der Waals surface area contributed by atoms with Crippen molar-refractivity contribution in [2.45, 2.75) is 6.35 Å². The Hall–Kier alpha value is -0.520. The minimum atomic E-state index is -1.18. The summed E-state index contributed by atoms with van der Waals surface area (Å²) in [5.74, 6) is 0. The fourth-order valence-electron chi connectivity index (χ4n) is 0.447. The van der Waals surface area contributed by atoms with Crippen LogP contribution >= 0.6 is 12.6 Å². The number of thiol groups is 1. The van der Waals surface area contributed by atoms with E-state index in [1.807, 2.05) is 0 Å². The number of aliphatic hydroxyl groups is 1. The lowest BCUT2D eigenvalue weighted by molar-refractivity contribution is -0.155. The molecule has 0 radical (unpaired) electrons. The second kappa shape index (κ2) is 2.38. The van der Waals surface area contributed by atoms with E-state index in [1.165, 1.54) is 12.4 Å². The van der Waals surface area contributed by atoms with Gasteiger partial charge in [0.25, 0.3) is 0 Å². The lowest BCUT2D eigenvalue weighted by Crippen LogP contribution is -2.27. The van der Waals surface area contributed by atoms with E-state index in [9.17, 15) is 0 Å². The fourth-order valence-corrected chi connectivity index (χ4v) is 0.632. The number of nitrogens with zero attached hydrogens (tertiary/aromatic N) is 2. The molecule has 1 aliphatic rings. The molecule has 0 amide bonds. The number of allylic oxidation sites excluding steroid dienone is 1. The normalized spacial score (nSPS) is 26.3. The van der Waals surface area contributed by atoms with Crippen LogP contribution in [0.5, 0.6) is 0 Å². The predicted molar refractivity (Wildman–Crippen MR) is 35.2 cm³/mol. The van der Waals surface area contributed by atoms with E-state index >= 15 is 0 Å². The summed E-state index contributed by atoms with van der Waals surface area (Å²) in [5.41, 5.74) is 0. The monoisotopic (exact) mass is 146 g/mol. The predicted octanol–water partition coefficient (Wildman–Crippen LogP) is -0.191. The summed E-state index contributed by atoms with van der Waals surface area (Å²) in [7, 11) is 0. The van der Waals surface area contributed by atoms with Crippen molar-refractivity contribution in [2.24, 2.45) is 4.99 Å². The molecule has 0 saturated heterocycles. The molecule has 2 N–H and O–H groups in total. The van der Waals surface area contributed by atoms with E-state index in [-0.39, 0.29) is 0 Å². The smallest absolute Gasteiger partial charge is 0.247 e. The topological polar surface area (TPSA) is 56.1 Å². The summed E-state index contributed by atoms with van der Waals surface area (Å²) < 4.78 is 0. The van der Waals surface area contributed by atoms with Crippen LogP contribution < -0.4 is 0 Å². The summed E-state index contributed by atoms with van der Waals surface area (Å²) >= 11 is 3.86. The van der Waals surface area contributed by atoms with Crippen LogP contribution in [-0.4, -0.2) is 27.9 Å². The number of hydrogen-bond acceptors (Lipinski definition) is 5. The van der Waals surface area contributed by atoms with E-state index in [1.54, 1.807) is 0 Å². The van der Waals surface area contributed by atoms with Crippen molar-refractivity contribution >= 4 is 18.8 Å². The Bertz CT molecular complexity index is 168. The van der Waals surface area contributed by atoms with Gasteiger partial charge in [0.1, 0.15) is 0 Å². The zero-order chi connectivity index (χ0) is 6.85. The summed E-state index contributed by atoms with van der Waals surface area (Å²) in [6.07, 6.45) is 1.45. The summed E-state index contributed by atoms with van der Waals surface area (Å²) in [6.45, 7) is 0. The van der Waals surface area contributed by atoms with Crippen molar-refractivity contribution in [3.8, 4) is 0 Å². The Kier molecular flexibility index (Phi) is 1.75. The third-order valence-corrected chi connectivity index (χ3v) is 1.07. The van der Waals surface area contributed by atoms with Crippen LogP contribution in [0.25, 0.3) is 0 Å². The SMILES string of the molecule is OC1N=CC(S)=CN1O. The van der Waals surface area contributed by atoms with Gasteiger partial charge in [-0.3, -0.25) is 5.21 Å². The van der Waals surface area contributed by atoms with Crippen LogP contribution in [0, 0.1) is 0 Å². The molecule has 50 valence electrons. The third kappa shape index (κ3) is 1.44. The van der Waals surface area contributed by atoms with E-state index in [0.717, 1.165) is 0 Å². The average Bonchev–Trinajstić information content (AvgIpc) is 1.80.